The number of fused-ring (bicyclic) bond motifs is 1. The summed E-state index contributed by atoms with van der Waals surface area (Å²) in [6.45, 7) is 0. The molecule has 2 aromatic carbocycles. The number of benzene rings is 2. The minimum Gasteiger partial charge on any atom is -0.467 e. The maximum atomic E-state index is 13.4. The van der Waals surface area contributed by atoms with Crippen molar-refractivity contribution < 1.29 is 23.1 Å². The molecule has 31 heavy (non-hydrogen) atoms. The van der Waals surface area contributed by atoms with Crippen LogP contribution in [0.25, 0.3) is 22.2 Å². The van der Waals surface area contributed by atoms with Gasteiger partial charge in [0.2, 0.25) is 0 Å². The number of carbonyl (C=O) groups excluding carboxylic acids is 2. The highest BCUT2D eigenvalue weighted by atomic mass is 19.1. The normalized spacial score (nSPS) is 12.0. The maximum Gasteiger partial charge on any atom is 0.328 e. The molecule has 0 saturated carbocycles. The van der Waals surface area contributed by atoms with Gasteiger partial charge in [-0.15, -0.1) is 0 Å². The molecule has 0 aliphatic carbocycles. The van der Waals surface area contributed by atoms with E-state index in [9.17, 15) is 18.4 Å². The molecule has 0 aliphatic rings. The summed E-state index contributed by atoms with van der Waals surface area (Å²) >= 11 is 0. The Morgan fingerprint density at radius 3 is 2.58 bits per heavy atom. The lowest BCUT2D eigenvalue weighted by Gasteiger charge is -2.15. The highest BCUT2D eigenvalue weighted by Gasteiger charge is 2.25. The fourth-order valence-electron chi connectivity index (χ4n) is 3.33. The van der Waals surface area contributed by atoms with Crippen LogP contribution in [0.4, 0.5) is 8.78 Å². The average Bonchev–Trinajstić information content (AvgIpc) is 3.40. The van der Waals surface area contributed by atoms with Crippen molar-refractivity contribution in [2.45, 2.75) is 12.5 Å². The lowest BCUT2D eigenvalue weighted by Crippen LogP contribution is -2.43. The summed E-state index contributed by atoms with van der Waals surface area (Å²) in [7, 11) is 1.23. The van der Waals surface area contributed by atoms with Crippen LogP contribution >= 0.6 is 0 Å². The first-order valence-corrected chi connectivity index (χ1v) is 9.40. The minimum atomic E-state index is -0.973. The minimum absolute atomic E-state index is 0.134. The Bertz CT molecular complexity index is 1250. The number of halogens is 2. The summed E-state index contributed by atoms with van der Waals surface area (Å²) in [4.78, 5) is 27.9. The number of hydrogen-bond acceptors (Lipinski definition) is 4. The summed E-state index contributed by atoms with van der Waals surface area (Å²) in [5, 5.41) is 10.1. The van der Waals surface area contributed by atoms with Crippen molar-refractivity contribution >= 4 is 22.8 Å². The zero-order valence-corrected chi connectivity index (χ0v) is 16.4. The summed E-state index contributed by atoms with van der Waals surface area (Å²) in [6.07, 6.45) is 1.80. The standard InChI is InChI=1S/C22H18F2N4O3/c1-31-22(30)20(8-13-11-25-18-9-15(24)6-7-16(13)18)26-21(29)19-10-17(27-28-19)12-2-4-14(23)5-3-12/h2-7,9-11,20,25H,8H2,1H3,(H,26,29)(H,27,28). The second kappa shape index (κ2) is 8.39. The molecule has 4 aromatic rings. The Kier molecular flexibility index (Phi) is 5.48. The van der Waals surface area contributed by atoms with Crippen LogP contribution < -0.4 is 5.32 Å². The second-order valence-corrected chi connectivity index (χ2v) is 6.93. The van der Waals surface area contributed by atoms with Crippen LogP contribution in [0, 0.1) is 11.6 Å². The van der Waals surface area contributed by atoms with Crippen molar-refractivity contribution in [1.29, 1.82) is 0 Å². The van der Waals surface area contributed by atoms with E-state index >= 15 is 0 Å². The summed E-state index contributed by atoms with van der Waals surface area (Å²) in [6, 6.07) is 10.5. The Morgan fingerprint density at radius 1 is 1.10 bits per heavy atom. The van der Waals surface area contributed by atoms with Crippen molar-refractivity contribution in [3.8, 4) is 11.3 Å². The number of nitrogens with zero attached hydrogens (tertiary/aromatic N) is 1. The Morgan fingerprint density at radius 2 is 1.84 bits per heavy atom. The second-order valence-electron chi connectivity index (χ2n) is 6.93. The Labute approximate surface area is 175 Å². The maximum absolute atomic E-state index is 13.4. The third-order valence-corrected chi connectivity index (χ3v) is 4.91. The van der Waals surface area contributed by atoms with Crippen LogP contribution in [0.2, 0.25) is 0 Å². The molecule has 3 N–H and O–H groups in total. The fourth-order valence-corrected chi connectivity index (χ4v) is 3.33. The van der Waals surface area contributed by atoms with E-state index in [0.717, 1.165) is 10.9 Å². The zero-order valence-electron chi connectivity index (χ0n) is 16.4. The number of H-pyrrole nitrogens is 2. The molecule has 0 fully saturated rings. The number of amides is 1. The van der Waals surface area contributed by atoms with E-state index in [-0.39, 0.29) is 23.7 Å². The van der Waals surface area contributed by atoms with Gasteiger partial charge >= 0.3 is 5.97 Å². The van der Waals surface area contributed by atoms with E-state index in [1.165, 1.54) is 37.4 Å². The van der Waals surface area contributed by atoms with E-state index in [1.807, 2.05) is 0 Å². The van der Waals surface area contributed by atoms with Gasteiger partial charge in [0.25, 0.3) is 5.91 Å². The zero-order chi connectivity index (χ0) is 22.0. The lowest BCUT2D eigenvalue weighted by atomic mass is 10.0. The molecule has 0 radical (unpaired) electrons. The van der Waals surface area contributed by atoms with E-state index in [2.05, 4.69) is 20.5 Å². The molecule has 1 atom stereocenters. The Balaban J connectivity index is 1.53. The number of carbonyl (C=O) groups is 2. The molecule has 7 nitrogen and oxygen atoms in total. The van der Waals surface area contributed by atoms with Gasteiger partial charge in [0.05, 0.1) is 12.8 Å². The quantitative estimate of drug-likeness (QED) is 0.413. The van der Waals surface area contributed by atoms with Crippen LogP contribution in [-0.4, -0.2) is 40.2 Å². The third-order valence-electron chi connectivity index (χ3n) is 4.91. The summed E-state index contributed by atoms with van der Waals surface area (Å²) < 4.78 is 31.4. The van der Waals surface area contributed by atoms with E-state index in [1.54, 1.807) is 24.4 Å². The molecule has 0 saturated heterocycles. The number of rotatable bonds is 6. The highest BCUT2D eigenvalue weighted by Crippen LogP contribution is 2.21. The monoisotopic (exact) mass is 424 g/mol. The molecule has 0 aliphatic heterocycles. The molecule has 9 heteroatoms. The summed E-state index contributed by atoms with van der Waals surface area (Å²) in [5.41, 5.74) is 2.53. The molecule has 4 rings (SSSR count). The van der Waals surface area contributed by atoms with Gasteiger partial charge in [0.1, 0.15) is 23.4 Å². The van der Waals surface area contributed by atoms with Crippen LogP contribution in [0.3, 0.4) is 0 Å². The van der Waals surface area contributed by atoms with Gasteiger partial charge in [-0.3, -0.25) is 9.89 Å². The van der Waals surface area contributed by atoms with Crippen molar-refractivity contribution in [1.82, 2.24) is 20.5 Å². The highest BCUT2D eigenvalue weighted by molar-refractivity contribution is 5.96. The lowest BCUT2D eigenvalue weighted by molar-refractivity contribution is -0.142. The van der Waals surface area contributed by atoms with Crippen molar-refractivity contribution in [2.24, 2.45) is 0 Å². The van der Waals surface area contributed by atoms with E-state index in [4.69, 9.17) is 4.74 Å². The van der Waals surface area contributed by atoms with E-state index in [0.29, 0.717) is 16.8 Å². The summed E-state index contributed by atoms with van der Waals surface area (Å²) in [5.74, 6) is -1.93. The molecule has 2 heterocycles. The van der Waals surface area contributed by atoms with Crippen molar-refractivity contribution in [3.63, 3.8) is 0 Å². The van der Waals surface area contributed by atoms with Gasteiger partial charge in [-0.2, -0.15) is 5.10 Å². The molecule has 1 unspecified atom stereocenters. The first kappa shape index (κ1) is 20.3. The van der Waals surface area contributed by atoms with Gasteiger partial charge in [0.15, 0.2) is 0 Å². The average molecular weight is 424 g/mol. The molecule has 2 aromatic heterocycles. The van der Waals surface area contributed by atoms with Gasteiger partial charge in [-0.25, -0.2) is 13.6 Å². The molecular formula is C22H18F2N4O3. The van der Waals surface area contributed by atoms with Crippen molar-refractivity contribution in [2.75, 3.05) is 7.11 Å². The number of esters is 1. The smallest absolute Gasteiger partial charge is 0.328 e. The van der Waals surface area contributed by atoms with Crippen LogP contribution in [0.5, 0.6) is 0 Å². The number of nitrogens with one attached hydrogen (secondary N) is 3. The van der Waals surface area contributed by atoms with Gasteiger partial charge in [-0.1, -0.05) is 0 Å². The van der Waals surface area contributed by atoms with Crippen LogP contribution in [0.15, 0.2) is 54.7 Å². The number of ether oxygens (including phenoxy) is 1. The third kappa shape index (κ3) is 4.30. The first-order chi connectivity index (χ1) is 14.9. The first-order valence-electron chi connectivity index (χ1n) is 9.40. The Hall–Kier alpha value is -4.01. The number of hydrogen-bond donors (Lipinski definition) is 3. The fraction of sp³-hybridized carbons (Fsp3) is 0.136. The van der Waals surface area contributed by atoms with Crippen LogP contribution in [-0.2, 0) is 16.0 Å². The SMILES string of the molecule is COC(=O)C(Cc1c[nH]c2cc(F)ccc12)NC(=O)c1cc(-c2ccc(F)cc2)n[nH]1. The van der Waals surface area contributed by atoms with Gasteiger partial charge < -0.3 is 15.0 Å². The molecular weight excluding hydrogens is 406 g/mol. The number of aromatic nitrogens is 3. The molecule has 1 amide bonds. The molecule has 0 spiro atoms. The predicted molar refractivity (Wildman–Crippen MR) is 109 cm³/mol. The molecule has 158 valence electrons. The topological polar surface area (TPSA) is 99.9 Å². The van der Waals surface area contributed by atoms with E-state index < -0.39 is 17.9 Å². The van der Waals surface area contributed by atoms with Gasteiger partial charge in [-0.05, 0) is 54.1 Å². The largest absolute Gasteiger partial charge is 0.467 e. The predicted octanol–water partition coefficient (Wildman–Crippen LogP) is 3.35. The number of methoxy groups -OCH3 is 1. The van der Waals surface area contributed by atoms with Crippen LogP contribution in [0.1, 0.15) is 16.1 Å². The van der Waals surface area contributed by atoms with Crippen molar-refractivity contribution in [3.05, 3.63) is 77.6 Å². The molecule has 0 bridgehead atoms. The van der Waals surface area contributed by atoms with Gasteiger partial charge in [0, 0.05) is 29.1 Å². The number of aromatic amines is 2.